The van der Waals surface area contributed by atoms with E-state index in [0.717, 1.165) is 69.4 Å². The molecule has 168 valence electrons. The fourth-order valence-corrected chi connectivity index (χ4v) is 4.97. The van der Waals surface area contributed by atoms with Crippen molar-refractivity contribution in [3.05, 3.63) is 57.9 Å². The maximum atomic E-state index is 6.40. The summed E-state index contributed by atoms with van der Waals surface area (Å²) in [5, 5.41) is 2.13. The summed E-state index contributed by atoms with van der Waals surface area (Å²) >= 11 is 1.80. The van der Waals surface area contributed by atoms with E-state index < -0.39 is 0 Å². The van der Waals surface area contributed by atoms with Crippen LogP contribution in [-0.2, 0) is 19.5 Å². The second-order valence-corrected chi connectivity index (χ2v) is 9.37. The van der Waals surface area contributed by atoms with Gasteiger partial charge in [-0.05, 0) is 30.6 Å². The number of piperazine rings is 1. The Morgan fingerprint density at radius 1 is 0.969 bits per heavy atom. The lowest BCUT2D eigenvalue weighted by atomic mass is 10.1. The number of rotatable bonds is 6. The van der Waals surface area contributed by atoms with Gasteiger partial charge in [0.05, 0.1) is 18.4 Å². The van der Waals surface area contributed by atoms with Crippen LogP contribution in [0.3, 0.4) is 0 Å². The van der Waals surface area contributed by atoms with Gasteiger partial charge in [0.25, 0.3) is 0 Å². The molecule has 0 saturated carbocycles. The number of ether oxygens (including phenoxy) is 2. The number of nitrogens with zero attached hydrogens (tertiary/aromatic N) is 5. The number of hydrogen-bond donors (Lipinski definition) is 0. The Morgan fingerprint density at radius 3 is 2.53 bits per heavy atom. The first kappa shape index (κ1) is 21.2. The fraction of sp³-hybridized carbons (Fsp3) is 0.417. The summed E-state index contributed by atoms with van der Waals surface area (Å²) in [5.41, 5.74) is 2.18. The molecule has 1 saturated heterocycles. The van der Waals surface area contributed by atoms with Gasteiger partial charge >= 0.3 is 0 Å². The zero-order chi connectivity index (χ0) is 21.9. The maximum Gasteiger partial charge on any atom is 0.229 e. The minimum atomic E-state index is 0.643. The summed E-state index contributed by atoms with van der Waals surface area (Å²) in [4.78, 5) is 18.4. The Labute approximate surface area is 193 Å². The molecule has 0 atom stereocenters. The van der Waals surface area contributed by atoms with Gasteiger partial charge in [-0.2, -0.15) is 4.98 Å². The highest BCUT2D eigenvalue weighted by Crippen LogP contribution is 2.35. The molecular weight excluding hydrogens is 422 g/mol. The van der Waals surface area contributed by atoms with Crippen LogP contribution in [0.2, 0.25) is 0 Å². The van der Waals surface area contributed by atoms with Crippen LogP contribution in [0.4, 0.5) is 5.95 Å². The molecule has 0 spiro atoms. The van der Waals surface area contributed by atoms with Crippen LogP contribution >= 0.6 is 11.3 Å². The number of hydrogen-bond acceptors (Lipinski definition) is 8. The summed E-state index contributed by atoms with van der Waals surface area (Å²) < 4.78 is 11.9. The SMILES string of the molecule is COc1ccccc1Oc1nc(N2CCN(C)CC2)nc2c1CN(Cc1cccs1)CC2. The van der Waals surface area contributed by atoms with Crippen LogP contribution in [-0.4, -0.2) is 66.6 Å². The average molecular weight is 452 g/mol. The van der Waals surface area contributed by atoms with Gasteiger partial charge < -0.3 is 19.3 Å². The quantitative estimate of drug-likeness (QED) is 0.567. The molecule has 4 heterocycles. The summed E-state index contributed by atoms with van der Waals surface area (Å²) in [6.07, 6.45) is 0.895. The zero-order valence-corrected chi connectivity index (χ0v) is 19.5. The van der Waals surface area contributed by atoms with Gasteiger partial charge in [-0.25, -0.2) is 4.98 Å². The molecule has 8 heteroatoms. The Bertz CT molecular complexity index is 1050. The van der Waals surface area contributed by atoms with Gasteiger partial charge in [0.2, 0.25) is 11.8 Å². The van der Waals surface area contributed by atoms with Crippen molar-refractivity contribution in [3.8, 4) is 17.4 Å². The molecule has 2 aliphatic rings. The van der Waals surface area contributed by atoms with Crippen LogP contribution < -0.4 is 14.4 Å². The first-order valence-corrected chi connectivity index (χ1v) is 12.0. The van der Waals surface area contributed by atoms with E-state index >= 15 is 0 Å². The molecule has 3 aromatic rings. The Morgan fingerprint density at radius 2 is 1.78 bits per heavy atom. The van der Waals surface area contributed by atoms with Crippen LogP contribution in [0.1, 0.15) is 16.1 Å². The molecule has 0 radical (unpaired) electrons. The van der Waals surface area contributed by atoms with Gasteiger partial charge in [0, 0.05) is 57.1 Å². The largest absolute Gasteiger partial charge is 0.493 e. The molecule has 2 aromatic heterocycles. The van der Waals surface area contributed by atoms with Gasteiger partial charge in [-0.1, -0.05) is 18.2 Å². The highest BCUT2D eigenvalue weighted by Gasteiger charge is 2.27. The number of para-hydroxylation sites is 2. The molecule has 0 amide bonds. The van der Waals surface area contributed by atoms with E-state index in [1.165, 1.54) is 4.88 Å². The normalized spacial score (nSPS) is 17.2. The van der Waals surface area contributed by atoms with Crippen LogP contribution in [0.25, 0.3) is 0 Å². The lowest BCUT2D eigenvalue weighted by Crippen LogP contribution is -2.45. The van der Waals surface area contributed by atoms with Gasteiger partial charge in [-0.3, -0.25) is 4.90 Å². The van der Waals surface area contributed by atoms with E-state index in [9.17, 15) is 0 Å². The molecule has 0 bridgehead atoms. The zero-order valence-electron chi connectivity index (χ0n) is 18.7. The van der Waals surface area contributed by atoms with Crippen molar-refractivity contribution in [2.45, 2.75) is 19.5 Å². The first-order valence-electron chi connectivity index (χ1n) is 11.1. The van der Waals surface area contributed by atoms with E-state index in [0.29, 0.717) is 17.4 Å². The number of aromatic nitrogens is 2. The van der Waals surface area contributed by atoms with Gasteiger partial charge in [0.1, 0.15) is 0 Å². The van der Waals surface area contributed by atoms with E-state index in [-0.39, 0.29) is 0 Å². The lowest BCUT2D eigenvalue weighted by molar-refractivity contribution is 0.239. The topological polar surface area (TPSA) is 54.0 Å². The van der Waals surface area contributed by atoms with Crippen molar-refractivity contribution >= 4 is 17.3 Å². The lowest BCUT2D eigenvalue weighted by Gasteiger charge is -2.34. The number of fused-ring (bicyclic) bond motifs is 1. The molecule has 0 N–H and O–H groups in total. The number of benzene rings is 1. The Hall–Kier alpha value is -2.68. The number of likely N-dealkylation sites (N-methyl/N-ethyl adjacent to an activating group) is 1. The highest BCUT2D eigenvalue weighted by molar-refractivity contribution is 7.09. The molecule has 7 nitrogen and oxygen atoms in total. The molecule has 2 aliphatic heterocycles. The number of methoxy groups -OCH3 is 1. The number of thiophene rings is 1. The average Bonchev–Trinajstić information content (AvgIpc) is 3.33. The minimum Gasteiger partial charge on any atom is -0.493 e. The number of anilines is 1. The van der Waals surface area contributed by atoms with Crippen LogP contribution in [0.5, 0.6) is 17.4 Å². The van der Waals surface area contributed by atoms with Crippen molar-refractivity contribution < 1.29 is 9.47 Å². The maximum absolute atomic E-state index is 6.40. The van der Waals surface area contributed by atoms with E-state index in [1.807, 2.05) is 24.3 Å². The van der Waals surface area contributed by atoms with Gasteiger partial charge in [0.15, 0.2) is 11.5 Å². The van der Waals surface area contributed by atoms with Crippen molar-refractivity contribution in [1.29, 1.82) is 0 Å². The van der Waals surface area contributed by atoms with Crippen molar-refractivity contribution in [3.63, 3.8) is 0 Å². The molecular formula is C24H29N5O2S. The monoisotopic (exact) mass is 451 g/mol. The molecule has 32 heavy (non-hydrogen) atoms. The predicted molar refractivity (Wildman–Crippen MR) is 127 cm³/mol. The third-order valence-electron chi connectivity index (χ3n) is 6.11. The summed E-state index contributed by atoms with van der Waals surface area (Å²) in [7, 11) is 3.82. The third-order valence-corrected chi connectivity index (χ3v) is 6.97. The van der Waals surface area contributed by atoms with E-state index in [2.05, 4.69) is 39.3 Å². The van der Waals surface area contributed by atoms with E-state index in [1.54, 1.807) is 18.4 Å². The van der Waals surface area contributed by atoms with Crippen molar-refractivity contribution in [2.75, 3.05) is 51.8 Å². The molecule has 1 aromatic carbocycles. The summed E-state index contributed by atoms with van der Waals surface area (Å²) in [5.74, 6) is 2.79. The van der Waals surface area contributed by atoms with Gasteiger partial charge in [-0.15, -0.1) is 11.3 Å². The highest BCUT2D eigenvalue weighted by atomic mass is 32.1. The molecule has 5 rings (SSSR count). The van der Waals surface area contributed by atoms with Crippen LogP contribution in [0, 0.1) is 0 Å². The predicted octanol–water partition coefficient (Wildman–Crippen LogP) is 3.65. The Kier molecular flexibility index (Phi) is 6.25. The second kappa shape index (κ2) is 9.44. The molecule has 0 aliphatic carbocycles. The smallest absolute Gasteiger partial charge is 0.229 e. The van der Waals surface area contributed by atoms with E-state index in [4.69, 9.17) is 19.4 Å². The van der Waals surface area contributed by atoms with Crippen LogP contribution in [0.15, 0.2) is 41.8 Å². The van der Waals surface area contributed by atoms with Crippen molar-refractivity contribution in [1.82, 2.24) is 19.8 Å². The Balaban J connectivity index is 1.47. The summed E-state index contributed by atoms with van der Waals surface area (Å²) in [6.45, 7) is 6.57. The fourth-order valence-electron chi connectivity index (χ4n) is 4.22. The standard InChI is InChI=1S/C24H29N5O2S/c1-27-11-13-29(14-12-27)24-25-20-9-10-28(16-18-6-5-15-32-18)17-19(20)23(26-24)31-22-8-4-3-7-21(22)30-2/h3-8,15H,9-14,16-17H2,1-2H3. The van der Waals surface area contributed by atoms with Crippen molar-refractivity contribution in [2.24, 2.45) is 0 Å². The minimum absolute atomic E-state index is 0.643. The molecule has 1 fully saturated rings. The third kappa shape index (κ3) is 4.57. The first-order chi connectivity index (χ1) is 15.7. The second-order valence-electron chi connectivity index (χ2n) is 8.34. The summed E-state index contributed by atoms with van der Waals surface area (Å²) in [6, 6.07) is 12.0. The molecule has 0 unspecified atom stereocenters.